The lowest BCUT2D eigenvalue weighted by molar-refractivity contribution is -0.138. The molecule has 1 amide bonds. The van der Waals surface area contributed by atoms with Gasteiger partial charge in [-0.15, -0.1) is 0 Å². The molecule has 0 aliphatic carbocycles. The third-order valence-electron chi connectivity index (χ3n) is 3.47. The lowest BCUT2D eigenvalue weighted by Gasteiger charge is -2.16. The molecule has 1 aliphatic heterocycles. The Labute approximate surface area is 112 Å². The monoisotopic (exact) mass is 262 g/mol. The number of hydrogen-bond acceptors (Lipinski definition) is 3. The van der Waals surface area contributed by atoms with Crippen LogP contribution in [-0.4, -0.2) is 35.0 Å². The third-order valence-corrected chi connectivity index (χ3v) is 3.47. The van der Waals surface area contributed by atoms with Crippen molar-refractivity contribution in [2.75, 3.05) is 13.1 Å². The van der Waals surface area contributed by atoms with Crippen molar-refractivity contribution in [1.82, 2.24) is 4.90 Å². The summed E-state index contributed by atoms with van der Waals surface area (Å²) in [5.74, 6) is -0.757. The van der Waals surface area contributed by atoms with Crippen molar-refractivity contribution >= 4 is 11.9 Å². The topological polar surface area (TPSA) is 83.6 Å². The number of carboxylic acids is 1. The molecule has 5 heteroatoms. The minimum absolute atomic E-state index is 0.0311. The molecule has 0 saturated carbocycles. The summed E-state index contributed by atoms with van der Waals surface area (Å²) in [5, 5.41) is 8.76. The molecule has 1 fully saturated rings. The highest BCUT2D eigenvalue weighted by Gasteiger charge is 2.28. The van der Waals surface area contributed by atoms with Gasteiger partial charge in [0.2, 0.25) is 0 Å². The van der Waals surface area contributed by atoms with Gasteiger partial charge in [-0.1, -0.05) is 12.1 Å². The normalized spacial score (nSPS) is 18.6. The highest BCUT2D eigenvalue weighted by molar-refractivity contribution is 5.94. The van der Waals surface area contributed by atoms with Gasteiger partial charge in [0, 0.05) is 31.6 Å². The van der Waals surface area contributed by atoms with E-state index in [-0.39, 0.29) is 18.2 Å². The highest BCUT2D eigenvalue weighted by atomic mass is 16.4. The number of carbonyl (C=O) groups is 2. The maximum Gasteiger partial charge on any atom is 0.303 e. The fourth-order valence-corrected chi connectivity index (χ4v) is 2.40. The van der Waals surface area contributed by atoms with Gasteiger partial charge in [-0.2, -0.15) is 0 Å². The standard InChI is InChI=1S/C14H18N2O3/c15-8-10-1-3-12(4-2-10)14(19)16-6-5-11(9-16)7-13(17)18/h1-4,11H,5-9,15H2,(H,17,18). The van der Waals surface area contributed by atoms with Crippen molar-refractivity contribution in [3.63, 3.8) is 0 Å². The third kappa shape index (κ3) is 3.32. The predicted molar refractivity (Wildman–Crippen MR) is 70.6 cm³/mol. The predicted octanol–water partition coefficient (Wildman–Crippen LogP) is 1.08. The summed E-state index contributed by atoms with van der Waals surface area (Å²) in [7, 11) is 0. The molecule has 0 spiro atoms. The smallest absolute Gasteiger partial charge is 0.303 e. The van der Waals surface area contributed by atoms with Crippen molar-refractivity contribution in [3.05, 3.63) is 35.4 Å². The van der Waals surface area contributed by atoms with Crippen LogP contribution in [0.3, 0.4) is 0 Å². The second-order valence-corrected chi connectivity index (χ2v) is 4.90. The number of hydrogen-bond donors (Lipinski definition) is 2. The Morgan fingerprint density at radius 1 is 1.32 bits per heavy atom. The highest BCUT2D eigenvalue weighted by Crippen LogP contribution is 2.21. The van der Waals surface area contributed by atoms with E-state index in [9.17, 15) is 9.59 Å². The minimum Gasteiger partial charge on any atom is -0.481 e. The molecule has 1 aromatic rings. The molecule has 1 aliphatic rings. The summed E-state index contributed by atoms with van der Waals surface area (Å²) in [6.07, 6.45) is 0.898. The molecular formula is C14H18N2O3. The van der Waals surface area contributed by atoms with Crippen LogP contribution >= 0.6 is 0 Å². The number of benzene rings is 1. The molecule has 1 atom stereocenters. The van der Waals surface area contributed by atoms with Gasteiger partial charge in [0.15, 0.2) is 0 Å². The van der Waals surface area contributed by atoms with Gasteiger partial charge >= 0.3 is 5.97 Å². The van der Waals surface area contributed by atoms with Crippen LogP contribution in [0.4, 0.5) is 0 Å². The molecule has 1 aromatic carbocycles. The number of nitrogens with two attached hydrogens (primary N) is 1. The zero-order chi connectivity index (χ0) is 13.8. The molecule has 3 N–H and O–H groups in total. The summed E-state index contributed by atoms with van der Waals surface area (Å²) in [4.78, 5) is 24.6. The van der Waals surface area contributed by atoms with Gasteiger partial charge in [-0.05, 0) is 30.0 Å². The van der Waals surface area contributed by atoms with Crippen LogP contribution in [0.15, 0.2) is 24.3 Å². The second kappa shape index (κ2) is 5.84. The van der Waals surface area contributed by atoms with Gasteiger partial charge in [-0.25, -0.2) is 0 Å². The number of amides is 1. The van der Waals surface area contributed by atoms with Gasteiger partial charge in [0.05, 0.1) is 0 Å². The molecule has 5 nitrogen and oxygen atoms in total. The molecule has 1 heterocycles. The van der Waals surface area contributed by atoms with Crippen molar-refractivity contribution < 1.29 is 14.7 Å². The average Bonchev–Trinajstić information content (AvgIpc) is 2.85. The van der Waals surface area contributed by atoms with E-state index < -0.39 is 5.97 Å². The van der Waals surface area contributed by atoms with E-state index in [2.05, 4.69) is 0 Å². The molecule has 19 heavy (non-hydrogen) atoms. The van der Waals surface area contributed by atoms with Crippen LogP contribution in [0.5, 0.6) is 0 Å². The van der Waals surface area contributed by atoms with E-state index in [1.165, 1.54) is 0 Å². The first-order valence-corrected chi connectivity index (χ1v) is 6.40. The van der Waals surface area contributed by atoms with Crippen LogP contribution in [0.2, 0.25) is 0 Å². The largest absolute Gasteiger partial charge is 0.481 e. The summed E-state index contributed by atoms with van der Waals surface area (Å²) in [6, 6.07) is 7.24. The van der Waals surface area contributed by atoms with Gasteiger partial charge < -0.3 is 15.7 Å². The van der Waals surface area contributed by atoms with E-state index in [0.717, 1.165) is 12.0 Å². The molecule has 0 bridgehead atoms. The summed E-state index contributed by atoms with van der Waals surface area (Å²) < 4.78 is 0. The van der Waals surface area contributed by atoms with Crippen LogP contribution in [0, 0.1) is 5.92 Å². The zero-order valence-corrected chi connectivity index (χ0v) is 10.7. The summed E-state index contributed by atoms with van der Waals surface area (Å²) >= 11 is 0. The Morgan fingerprint density at radius 3 is 2.58 bits per heavy atom. The van der Waals surface area contributed by atoms with Gasteiger partial charge in [0.25, 0.3) is 5.91 Å². The lowest BCUT2D eigenvalue weighted by Crippen LogP contribution is -2.29. The quantitative estimate of drug-likeness (QED) is 0.850. The second-order valence-electron chi connectivity index (χ2n) is 4.90. The fourth-order valence-electron chi connectivity index (χ4n) is 2.40. The van der Waals surface area contributed by atoms with Crippen molar-refractivity contribution in [2.45, 2.75) is 19.4 Å². The Balaban J connectivity index is 1.98. The molecule has 1 unspecified atom stereocenters. The molecular weight excluding hydrogens is 244 g/mol. The summed E-state index contributed by atoms with van der Waals surface area (Å²) in [5.41, 5.74) is 7.13. The number of carboxylic acid groups (broad SMARTS) is 1. The maximum atomic E-state index is 12.2. The average molecular weight is 262 g/mol. The van der Waals surface area contributed by atoms with E-state index in [1.807, 2.05) is 12.1 Å². The maximum absolute atomic E-state index is 12.2. The van der Waals surface area contributed by atoms with Gasteiger partial charge in [-0.3, -0.25) is 9.59 Å². The molecule has 2 rings (SSSR count). The summed E-state index contributed by atoms with van der Waals surface area (Å²) in [6.45, 7) is 1.62. The molecule has 0 aromatic heterocycles. The number of rotatable bonds is 4. The van der Waals surface area contributed by atoms with Crippen molar-refractivity contribution in [3.8, 4) is 0 Å². The van der Waals surface area contributed by atoms with Crippen LogP contribution in [0.1, 0.15) is 28.8 Å². The molecule has 1 saturated heterocycles. The SMILES string of the molecule is NCc1ccc(C(=O)N2CCC(CC(=O)O)C2)cc1. The van der Waals surface area contributed by atoms with E-state index >= 15 is 0 Å². The van der Waals surface area contributed by atoms with E-state index in [1.54, 1.807) is 17.0 Å². The number of aliphatic carboxylic acids is 1. The zero-order valence-electron chi connectivity index (χ0n) is 10.7. The number of likely N-dealkylation sites (tertiary alicyclic amines) is 1. The van der Waals surface area contributed by atoms with E-state index in [4.69, 9.17) is 10.8 Å². The van der Waals surface area contributed by atoms with Crippen LogP contribution < -0.4 is 5.73 Å². The molecule has 0 radical (unpaired) electrons. The Morgan fingerprint density at radius 2 is 2.00 bits per heavy atom. The Bertz CT molecular complexity index is 470. The van der Waals surface area contributed by atoms with Crippen molar-refractivity contribution in [1.29, 1.82) is 0 Å². The Kier molecular flexibility index (Phi) is 4.16. The first-order valence-electron chi connectivity index (χ1n) is 6.40. The lowest BCUT2D eigenvalue weighted by atomic mass is 10.1. The van der Waals surface area contributed by atoms with Crippen LogP contribution in [0.25, 0.3) is 0 Å². The van der Waals surface area contributed by atoms with Crippen molar-refractivity contribution in [2.24, 2.45) is 11.7 Å². The fraction of sp³-hybridized carbons (Fsp3) is 0.429. The minimum atomic E-state index is -0.799. The van der Waals surface area contributed by atoms with Crippen LogP contribution in [-0.2, 0) is 11.3 Å². The van der Waals surface area contributed by atoms with Gasteiger partial charge in [0.1, 0.15) is 0 Å². The van der Waals surface area contributed by atoms with E-state index in [0.29, 0.717) is 25.2 Å². The first kappa shape index (κ1) is 13.5. The first-order chi connectivity index (χ1) is 9.10. The molecule has 102 valence electrons. The number of carbonyl (C=O) groups excluding carboxylic acids is 1. The number of nitrogens with zero attached hydrogens (tertiary/aromatic N) is 1. The Hall–Kier alpha value is -1.88.